The molecule has 0 amide bonds. The van der Waals surface area contributed by atoms with Gasteiger partial charge in [-0.3, -0.25) is 0 Å². The third-order valence-corrected chi connectivity index (χ3v) is 4.02. The van der Waals surface area contributed by atoms with Crippen LogP contribution < -0.4 is 19.5 Å². The Morgan fingerprint density at radius 2 is 2.14 bits per heavy atom. The summed E-state index contributed by atoms with van der Waals surface area (Å²) >= 11 is 0. The van der Waals surface area contributed by atoms with Crippen molar-refractivity contribution in [3.8, 4) is 17.2 Å². The fourth-order valence-corrected chi connectivity index (χ4v) is 2.65. The molecule has 118 valence electrons. The van der Waals surface area contributed by atoms with Crippen LogP contribution in [-0.2, 0) is 6.54 Å². The number of nitrogens with one attached hydrogen (secondary N) is 1. The van der Waals surface area contributed by atoms with Crippen molar-refractivity contribution in [2.45, 2.75) is 46.1 Å². The van der Waals surface area contributed by atoms with E-state index in [2.05, 4.69) is 19.2 Å². The standard InChI is InChI=1S/C17H27NO3/c1-4-6-7-13(5-2)10-18-11-14-8-15(19-3)17-16(9-14)20-12-21-17/h8-9,13,18H,4-7,10-12H2,1-3H3. The molecule has 1 N–H and O–H groups in total. The van der Waals surface area contributed by atoms with Gasteiger partial charge in [0, 0.05) is 6.54 Å². The van der Waals surface area contributed by atoms with E-state index in [1.54, 1.807) is 7.11 Å². The number of methoxy groups -OCH3 is 1. The van der Waals surface area contributed by atoms with Crippen LogP contribution in [0.25, 0.3) is 0 Å². The van der Waals surface area contributed by atoms with Crippen molar-refractivity contribution < 1.29 is 14.2 Å². The van der Waals surface area contributed by atoms with Crippen molar-refractivity contribution in [2.75, 3.05) is 20.4 Å². The lowest BCUT2D eigenvalue weighted by Gasteiger charge is -2.15. The van der Waals surface area contributed by atoms with E-state index in [4.69, 9.17) is 14.2 Å². The van der Waals surface area contributed by atoms with Crippen molar-refractivity contribution >= 4 is 0 Å². The molecule has 0 saturated heterocycles. The van der Waals surface area contributed by atoms with Gasteiger partial charge in [0.1, 0.15) is 0 Å². The van der Waals surface area contributed by atoms with Crippen LogP contribution in [0.4, 0.5) is 0 Å². The van der Waals surface area contributed by atoms with Crippen LogP contribution in [-0.4, -0.2) is 20.4 Å². The van der Waals surface area contributed by atoms with Crippen molar-refractivity contribution in [3.63, 3.8) is 0 Å². The molecule has 21 heavy (non-hydrogen) atoms. The first-order chi connectivity index (χ1) is 10.3. The minimum absolute atomic E-state index is 0.275. The van der Waals surface area contributed by atoms with Crippen LogP contribution in [0.1, 0.15) is 45.1 Å². The smallest absolute Gasteiger partial charge is 0.231 e. The maximum Gasteiger partial charge on any atom is 0.231 e. The predicted molar refractivity (Wildman–Crippen MR) is 84.1 cm³/mol. The van der Waals surface area contributed by atoms with E-state index in [-0.39, 0.29) is 6.79 Å². The Labute approximate surface area is 127 Å². The second-order valence-corrected chi connectivity index (χ2v) is 5.58. The molecule has 0 aliphatic carbocycles. The van der Waals surface area contributed by atoms with Crippen LogP contribution >= 0.6 is 0 Å². The maximum absolute atomic E-state index is 5.45. The Balaban J connectivity index is 1.88. The lowest BCUT2D eigenvalue weighted by atomic mass is 9.99. The van der Waals surface area contributed by atoms with Gasteiger partial charge in [-0.15, -0.1) is 0 Å². The lowest BCUT2D eigenvalue weighted by Crippen LogP contribution is -2.22. The van der Waals surface area contributed by atoms with Crippen molar-refractivity contribution in [3.05, 3.63) is 17.7 Å². The highest BCUT2D eigenvalue weighted by Gasteiger charge is 2.19. The Morgan fingerprint density at radius 3 is 2.86 bits per heavy atom. The van der Waals surface area contributed by atoms with Crippen LogP contribution in [0.2, 0.25) is 0 Å². The average molecular weight is 293 g/mol. The molecule has 0 aromatic heterocycles. The SMILES string of the molecule is CCCCC(CC)CNCc1cc(OC)c2c(c1)OCO2. The molecule has 4 nitrogen and oxygen atoms in total. The molecule has 0 spiro atoms. The number of hydrogen-bond donors (Lipinski definition) is 1. The number of hydrogen-bond acceptors (Lipinski definition) is 4. The number of unbranched alkanes of at least 4 members (excludes halogenated alkanes) is 1. The van der Waals surface area contributed by atoms with Crippen molar-refractivity contribution in [1.29, 1.82) is 0 Å². The minimum atomic E-state index is 0.275. The zero-order valence-corrected chi connectivity index (χ0v) is 13.4. The highest BCUT2D eigenvalue weighted by Crippen LogP contribution is 2.41. The first kappa shape index (κ1) is 16.0. The van der Waals surface area contributed by atoms with Crippen LogP contribution in [0.3, 0.4) is 0 Å². The Hall–Kier alpha value is -1.42. The van der Waals surface area contributed by atoms with E-state index >= 15 is 0 Å². The van der Waals surface area contributed by atoms with Gasteiger partial charge < -0.3 is 19.5 Å². The highest BCUT2D eigenvalue weighted by atomic mass is 16.7. The summed E-state index contributed by atoms with van der Waals surface area (Å²) in [6.45, 7) is 6.69. The monoisotopic (exact) mass is 293 g/mol. The molecular formula is C17H27NO3. The Bertz CT molecular complexity index is 448. The molecule has 0 fully saturated rings. The number of benzene rings is 1. The van der Waals surface area contributed by atoms with E-state index in [0.29, 0.717) is 0 Å². The van der Waals surface area contributed by atoms with Gasteiger partial charge in [0.2, 0.25) is 12.5 Å². The largest absolute Gasteiger partial charge is 0.493 e. The Morgan fingerprint density at radius 1 is 1.29 bits per heavy atom. The average Bonchev–Trinajstić information content (AvgIpc) is 2.98. The topological polar surface area (TPSA) is 39.7 Å². The summed E-state index contributed by atoms with van der Waals surface area (Å²) < 4.78 is 16.2. The van der Waals surface area contributed by atoms with Gasteiger partial charge in [-0.2, -0.15) is 0 Å². The van der Waals surface area contributed by atoms with Crippen LogP contribution in [0.5, 0.6) is 17.2 Å². The zero-order valence-electron chi connectivity index (χ0n) is 13.4. The molecule has 1 unspecified atom stereocenters. The summed E-state index contributed by atoms with van der Waals surface area (Å²) in [5.41, 5.74) is 1.17. The summed E-state index contributed by atoms with van der Waals surface area (Å²) in [4.78, 5) is 0. The molecule has 2 rings (SSSR count). The molecule has 4 heteroatoms. The van der Waals surface area contributed by atoms with Gasteiger partial charge in [0.05, 0.1) is 7.11 Å². The maximum atomic E-state index is 5.45. The predicted octanol–water partition coefficient (Wildman–Crippen LogP) is 3.73. The molecule has 1 atom stereocenters. The molecule has 1 aromatic carbocycles. The van der Waals surface area contributed by atoms with E-state index in [0.717, 1.165) is 36.3 Å². The van der Waals surface area contributed by atoms with Gasteiger partial charge >= 0.3 is 0 Å². The summed E-state index contributed by atoms with van der Waals surface area (Å²) in [5.74, 6) is 3.01. The van der Waals surface area contributed by atoms with Gasteiger partial charge in [-0.1, -0.05) is 33.1 Å². The summed E-state index contributed by atoms with van der Waals surface area (Å²) in [7, 11) is 1.66. The van der Waals surface area contributed by atoms with Crippen molar-refractivity contribution in [2.24, 2.45) is 5.92 Å². The third-order valence-electron chi connectivity index (χ3n) is 4.02. The summed E-state index contributed by atoms with van der Waals surface area (Å²) in [5, 5.41) is 3.55. The fraction of sp³-hybridized carbons (Fsp3) is 0.647. The van der Waals surface area contributed by atoms with E-state index in [1.165, 1.54) is 31.2 Å². The Kier molecular flexibility index (Phi) is 6.18. The summed E-state index contributed by atoms with van der Waals surface area (Å²) in [6, 6.07) is 4.05. The van der Waals surface area contributed by atoms with Gasteiger partial charge in [0.25, 0.3) is 0 Å². The molecular weight excluding hydrogens is 266 g/mol. The lowest BCUT2D eigenvalue weighted by molar-refractivity contribution is 0.171. The first-order valence-corrected chi connectivity index (χ1v) is 7.95. The molecule has 1 aliphatic heterocycles. The molecule has 1 aromatic rings. The number of rotatable bonds is 9. The van der Waals surface area contributed by atoms with Crippen molar-refractivity contribution in [1.82, 2.24) is 5.32 Å². The quantitative estimate of drug-likeness (QED) is 0.753. The number of fused-ring (bicyclic) bond motifs is 1. The normalized spacial score (nSPS) is 14.2. The third kappa shape index (κ3) is 4.27. The molecule has 0 radical (unpaired) electrons. The van der Waals surface area contributed by atoms with E-state index < -0.39 is 0 Å². The van der Waals surface area contributed by atoms with Gasteiger partial charge in [-0.25, -0.2) is 0 Å². The highest BCUT2D eigenvalue weighted by molar-refractivity contribution is 5.55. The molecule has 1 heterocycles. The van der Waals surface area contributed by atoms with Crippen LogP contribution in [0, 0.1) is 5.92 Å². The fourth-order valence-electron chi connectivity index (χ4n) is 2.65. The minimum Gasteiger partial charge on any atom is -0.493 e. The van der Waals surface area contributed by atoms with E-state index in [1.807, 2.05) is 12.1 Å². The zero-order chi connectivity index (χ0) is 15.1. The summed E-state index contributed by atoms with van der Waals surface area (Å²) in [6.07, 6.45) is 5.13. The van der Waals surface area contributed by atoms with Gasteiger partial charge in [-0.05, 0) is 36.6 Å². The molecule has 1 aliphatic rings. The van der Waals surface area contributed by atoms with E-state index in [9.17, 15) is 0 Å². The van der Waals surface area contributed by atoms with Gasteiger partial charge in [0.15, 0.2) is 11.5 Å². The second kappa shape index (κ2) is 8.13. The first-order valence-electron chi connectivity index (χ1n) is 7.95. The molecule has 0 bridgehead atoms. The number of ether oxygens (including phenoxy) is 3. The van der Waals surface area contributed by atoms with Crippen LogP contribution in [0.15, 0.2) is 12.1 Å². The second-order valence-electron chi connectivity index (χ2n) is 5.58. The molecule has 0 saturated carbocycles.